The Kier molecular flexibility index (Phi) is 4.35. The van der Waals surface area contributed by atoms with E-state index in [1.54, 1.807) is 13.8 Å². The normalized spacial score (nSPS) is 17.4. The van der Waals surface area contributed by atoms with E-state index in [2.05, 4.69) is 24.3 Å². The van der Waals surface area contributed by atoms with E-state index in [-0.39, 0.29) is 0 Å². The molecule has 0 aliphatic carbocycles. The number of hydrogen-bond acceptors (Lipinski definition) is 3. The summed E-state index contributed by atoms with van der Waals surface area (Å²) >= 11 is 1.91. The van der Waals surface area contributed by atoms with E-state index < -0.39 is 11.6 Å². The summed E-state index contributed by atoms with van der Waals surface area (Å²) in [5.41, 5.74) is 1.40. The van der Waals surface area contributed by atoms with Crippen LogP contribution in [0.3, 0.4) is 0 Å². The van der Waals surface area contributed by atoms with Gasteiger partial charge in [-0.3, -0.25) is 0 Å². The van der Waals surface area contributed by atoms with Crippen molar-refractivity contribution in [2.75, 3.05) is 5.75 Å². The van der Waals surface area contributed by atoms with Crippen molar-refractivity contribution in [1.82, 2.24) is 0 Å². The molecule has 3 nitrogen and oxygen atoms in total. The Balaban J connectivity index is 1.82. The molecule has 0 fully saturated rings. The highest BCUT2D eigenvalue weighted by Crippen LogP contribution is 2.41. The minimum absolute atomic E-state index is 0.397. The van der Waals surface area contributed by atoms with Crippen LogP contribution in [0.1, 0.15) is 37.3 Å². The van der Waals surface area contributed by atoms with Gasteiger partial charge in [-0.05, 0) is 55.3 Å². The second-order valence-electron chi connectivity index (χ2n) is 6.21. The maximum atomic E-state index is 11.1. The standard InChI is InChI=1S/C19H20O3S/c1-19(2,18(20)21)22-14-9-7-13(8-10-14)15-11-12-23-17-6-4-3-5-16(15)17/h3-10,15H,11-12H2,1-2H3,(H,20,21). The van der Waals surface area contributed by atoms with E-state index in [0.717, 1.165) is 12.2 Å². The average Bonchev–Trinajstić information content (AvgIpc) is 2.55. The van der Waals surface area contributed by atoms with Gasteiger partial charge in [0.15, 0.2) is 5.60 Å². The predicted molar refractivity (Wildman–Crippen MR) is 92.4 cm³/mol. The van der Waals surface area contributed by atoms with Gasteiger partial charge in [0.2, 0.25) is 0 Å². The van der Waals surface area contributed by atoms with Crippen molar-refractivity contribution < 1.29 is 14.6 Å². The van der Waals surface area contributed by atoms with Gasteiger partial charge in [0.25, 0.3) is 0 Å². The van der Waals surface area contributed by atoms with Crippen LogP contribution >= 0.6 is 11.8 Å². The highest BCUT2D eigenvalue weighted by atomic mass is 32.2. The lowest BCUT2D eigenvalue weighted by Crippen LogP contribution is -2.37. The molecule has 1 unspecified atom stereocenters. The molecule has 23 heavy (non-hydrogen) atoms. The molecule has 0 saturated carbocycles. The monoisotopic (exact) mass is 328 g/mol. The zero-order valence-corrected chi connectivity index (χ0v) is 14.1. The molecular weight excluding hydrogens is 308 g/mol. The van der Waals surface area contributed by atoms with Gasteiger partial charge >= 0.3 is 5.97 Å². The number of ether oxygens (including phenoxy) is 1. The van der Waals surface area contributed by atoms with Crippen molar-refractivity contribution in [3.63, 3.8) is 0 Å². The van der Waals surface area contributed by atoms with Crippen LogP contribution in [0.4, 0.5) is 0 Å². The SMILES string of the molecule is CC(C)(Oc1ccc(C2CCSc3ccccc32)cc1)C(=O)O. The molecule has 1 heterocycles. The second-order valence-corrected chi connectivity index (χ2v) is 7.35. The van der Waals surface area contributed by atoms with Gasteiger partial charge < -0.3 is 9.84 Å². The van der Waals surface area contributed by atoms with E-state index in [1.165, 1.54) is 16.0 Å². The molecule has 0 saturated heterocycles. The summed E-state index contributed by atoms with van der Waals surface area (Å²) in [4.78, 5) is 12.5. The van der Waals surface area contributed by atoms with Crippen LogP contribution in [-0.2, 0) is 4.79 Å². The quantitative estimate of drug-likeness (QED) is 0.894. The summed E-state index contributed by atoms with van der Waals surface area (Å²) in [7, 11) is 0. The van der Waals surface area contributed by atoms with Crippen LogP contribution in [0.5, 0.6) is 5.75 Å². The highest BCUT2D eigenvalue weighted by molar-refractivity contribution is 7.99. The first-order valence-electron chi connectivity index (χ1n) is 7.71. The van der Waals surface area contributed by atoms with Crippen LogP contribution in [0.15, 0.2) is 53.4 Å². The Hall–Kier alpha value is -1.94. The van der Waals surface area contributed by atoms with E-state index in [0.29, 0.717) is 11.7 Å². The third-order valence-corrected chi connectivity index (χ3v) is 5.25. The highest BCUT2D eigenvalue weighted by Gasteiger charge is 2.29. The third-order valence-electron chi connectivity index (χ3n) is 4.13. The van der Waals surface area contributed by atoms with E-state index >= 15 is 0 Å². The van der Waals surface area contributed by atoms with Crippen LogP contribution in [-0.4, -0.2) is 22.4 Å². The average molecular weight is 328 g/mol. The Bertz CT molecular complexity index is 707. The number of rotatable bonds is 4. The van der Waals surface area contributed by atoms with Crippen LogP contribution in [0.2, 0.25) is 0 Å². The van der Waals surface area contributed by atoms with Crippen molar-refractivity contribution >= 4 is 17.7 Å². The maximum absolute atomic E-state index is 11.1. The molecule has 0 spiro atoms. The summed E-state index contributed by atoms with van der Waals surface area (Å²) in [6.07, 6.45) is 1.11. The summed E-state index contributed by atoms with van der Waals surface area (Å²) in [5.74, 6) is 1.12. The number of carboxylic acids is 1. The fourth-order valence-electron chi connectivity index (χ4n) is 2.79. The minimum atomic E-state index is -1.23. The number of aliphatic carboxylic acids is 1. The van der Waals surface area contributed by atoms with Crippen molar-refractivity contribution in [3.05, 3.63) is 59.7 Å². The largest absolute Gasteiger partial charge is 0.478 e. The lowest BCUT2D eigenvalue weighted by Gasteiger charge is -2.26. The molecule has 3 rings (SSSR count). The van der Waals surface area contributed by atoms with Gasteiger partial charge in [0.1, 0.15) is 5.75 Å². The number of fused-ring (bicyclic) bond motifs is 1. The third kappa shape index (κ3) is 3.37. The summed E-state index contributed by atoms with van der Waals surface area (Å²) in [6, 6.07) is 16.4. The van der Waals surface area contributed by atoms with Gasteiger partial charge in [-0.2, -0.15) is 0 Å². The lowest BCUT2D eigenvalue weighted by molar-refractivity contribution is -0.152. The number of hydrogen-bond donors (Lipinski definition) is 1. The van der Waals surface area contributed by atoms with Crippen molar-refractivity contribution in [2.24, 2.45) is 0 Å². The van der Waals surface area contributed by atoms with E-state index in [9.17, 15) is 4.79 Å². The Labute approximate surface area is 140 Å². The summed E-state index contributed by atoms with van der Waals surface area (Å²) in [5, 5.41) is 9.14. The molecule has 2 aromatic carbocycles. The van der Waals surface area contributed by atoms with Crippen LogP contribution in [0.25, 0.3) is 0 Å². The Morgan fingerprint density at radius 2 is 1.87 bits per heavy atom. The Morgan fingerprint density at radius 1 is 1.17 bits per heavy atom. The number of benzene rings is 2. The molecule has 0 aromatic heterocycles. The topological polar surface area (TPSA) is 46.5 Å². The van der Waals surface area contributed by atoms with E-state index in [1.807, 2.05) is 36.0 Å². The molecule has 0 bridgehead atoms. The molecule has 0 radical (unpaired) electrons. The molecular formula is C19H20O3S. The summed E-state index contributed by atoms with van der Waals surface area (Å²) in [6.45, 7) is 3.11. The first-order chi connectivity index (χ1) is 11.0. The first kappa shape index (κ1) is 15.9. The molecule has 120 valence electrons. The zero-order valence-electron chi connectivity index (χ0n) is 13.3. The maximum Gasteiger partial charge on any atom is 0.347 e. The predicted octanol–water partition coefficient (Wildman–Crippen LogP) is 4.56. The molecule has 2 aromatic rings. The van der Waals surface area contributed by atoms with Gasteiger partial charge in [0.05, 0.1) is 0 Å². The lowest BCUT2D eigenvalue weighted by atomic mass is 9.88. The molecule has 1 aliphatic heterocycles. The van der Waals surface area contributed by atoms with Crippen LogP contribution < -0.4 is 4.74 Å². The van der Waals surface area contributed by atoms with Gasteiger partial charge in [-0.1, -0.05) is 30.3 Å². The Morgan fingerprint density at radius 3 is 2.57 bits per heavy atom. The zero-order chi connectivity index (χ0) is 16.4. The van der Waals surface area contributed by atoms with Crippen LogP contribution in [0, 0.1) is 0 Å². The molecule has 0 amide bonds. The van der Waals surface area contributed by atoms with Gasteiger partial charge in [-0.25, -0.2) is 4.79 Å². The fraction of sp³-hybridized carbons (Fsp3) is 0.316. The van der Waals surface area contributed by atoms with Gasteiger partial charge in [-0.15, -0.1) is 11.8 Å². The fourth-order valence-corrected chi connectivity index (χ4v) is 3.92. The van der Waals surface area contributed by atoms with Crippen molar-refractivity contribution in [1.29, 1.82) is 0 Å². The molecule has 1 N–H and O–H groups in total. The molecule has 1 aliphatic rings. The van der Waals surface area contributed by atoms with Gasteiger partial charge in [0, 0.05) is 10.8 Å². The second kappa shape index (κ2) is 6.28. The van der Waals surface area contributed by atoms with E-state index in [4.69, 9.17) is 9.84 Å². The molecule has 4 heteroatoms. The first-order valence-corrected chi connectivity index (χ1v) is 8.70. The smallest absolute Gasteiger partial charge is 0.347 e. The summed E-state index contributed by atoms with van der Waals surface area (Å²) < 4.78 is 5.57. The number of carbonyl (C=O) groups is 1. The van der Waals surface area contributed by atoms with Crippen molar-refractivity contribution in [3.8, 4) is 5.75 Å². The molecule has 1 atom stereocenters. The number of carboxylic acid groups (broad SMARTS) is 1. The van der Waals surface area contributed by atoms with Crippen molar-refractivity contribution in [2.45, 2.75) is 36.7 Å². The number of thioether (sulfide) groups is 1. The minimum Gasteiger partial charge on any atom is -0.478 e.